The highest BCUT2D eigenvalue weighted by Gasteiger charge is 2.42. The Hall–Kier alpha value is -0.0800. The van der Waals surface area contributed by atoms with E-state index in [0.717, 1.165) is 18.4 Å². The Balaban J connectivity index is 2.81. The van der Waals surface area contributed by atoms with Crippen molar-refractivity contribution in [1.82, 2.24) is 4.90 Å². The van der Waals surface area contributed by atoms with Gasteiger partial charge in [0.1, 0.15) is 0 Å². The van der Waals surface area contributed by atoms with Crippen molar-refractivity contribution in [3.05, 3.63) is 0 Å². The van der Waals surface area contributed by atoms with E-state index >= 15 is 0 Å². The highest BCUT2D eigenvalue weighted by molar-refractivity contribution is 4.99. The molecule has 0 aromatic rings. The predicted octanol–water partition coefficient (Wildman–Crippen LogP) is 2.87. The van der Waals surface area contributed by atoms with Crippen molar-refractivity contribution in [1.29, 1.82) is 0 Å². The first-order valence-corrected chi connectivity index (χ1v) is 6.88. The molecule has 1 rings (SSSR count). The van der Waals surface area contributed by atoms with Crippen LogP contribution in [0.2, 0.25) is 0 Å². The molecule has 2 N–H and O–H groups in total. The van der Waals surface area contributed by atoms with Crippen LogP contribution in [0.15, 0.2) is 0 Å². The van der Waals surface area contributed by atoms with Gasteiger partial charge in [0.15, 0.2) is 0 Å². The Morgan fingerprint density at radius 2 is 1.94 bits per heavy atom. The standard InChI is InChI=1S/C14H30N2/c1-11(2)9-16(12(3)4)14(10-15)7-6-13(5)8-14/h11-13H,6-10,15H2,1-5H3. The van der Waals surface area contributed by atoms with Gasteiger partial charge in [0.25, 0.3) is 0 Å². The van der Waals surface area contributed by atoms with E-state index in [1.807, 2.05) is 0 Å². The van der Waals surface area contributed by atoms with Gasteiger partial charge in [-0.3, -0.25) is 4.90 Å². The van der Waals surface area contributed by atoms with Crippen molar-refractivity contribution in [2.24, 2.45) is 17.6 Å². The molecular weight excluding hydrogens is 196 g/mol. The van der Waals surface area contributed by atoms with Crippen LogP contribution in [-0.2, 0) is 0 Å². The van der Waals surface area contributed by atoms with E-state index in [0.29, 0.717) is 6.04 Å². The molecule has 0 heterocycles. The summed E-state index contributed by atoms with van der Waals surface area (Å²) in [6.07, 6.45) is 3.92. The summed E-state index contributed by atoms with van der Waals surface area (Å²) in [5.74, 6) is 1.57. The topological polar surface area (TPSA) is 29.3 Å². The molecule has 0 spiro atoms. The molecule has 1 saturated carbocycles. The minimum absolute atomic E-state index is 0.290. The van der Waals surface area contributed by atoms with E-state index in [1.54, 1.807) is 0 Å². The van der Waals surface area contributed by atoms with Crippen LogP contribution in [0.1, 0.15) is 53.9 Å². The number of hydrogen-bond acceptors (Lipinski definition) is 2. The second-order valence-corrected chi connectivity index (χ2v) is 6.42. The molecular formula is C14H30N2. The molecule has 2 unspecified atom stereocenters. The Labute approximate surface area is 102 Å². The molecule has 1 aliphatic carbocycles. The maximum atomic E-state index is 6.10. The van der Waals surface area contributed by atoms with E-state index in [-0.39, 0.29) is 5.54 Å². The number of nitrogens with two attached hydrogens (primary N) is 1. The van der Waals surface area contributed by atoms with Gasteiger partial charge in [-0.25, -0.2) is 0 Å². The third kappa shape index (κ3) is 2.98. The van der Waals surface area contributed by atoms with Crippen LogP contribution in [0.4, 0.5) is 0 Å². The van der Waals surface area contributed by atoms with Crippen molar-refractivity contribution in [2.75, 3.05) is 13.1 Å². The quantitative estimate of drug-likeness (QED) is 0.781. The molecule has 2 nitrogen and oxygen atoms in total. The van der Waals surface area contributed by atoms with Gasteiger partial charge in [-0.1, -0.05) is 20.8 Å². The van der Waals surface area contributed by atoms with Crippen LogP contribution in [0.5, 0.6) is 0 Å². The third-order valence-electron chi connectivity index (χ3n) is 4.01. The molecule has 0 amide bonds. The average molecular weight is 226 g/mol. The number of hydrogen-bond donors (Lipinski definition) is 1. The van der Waals surface area contributed by atoms with Crippen LogP contribution in [-0.4, -0.2) is 29.6 Å². The van der Waals surface area contributed by atoms with E-state index in [4.69, 9.17) is 5.73 Å². The summed E-state index contributed by atoms with van der Waals surface area (Å²) in [5, 5.41) is 0. The molecule has 0 aromatic carbocycles. The van der Waals surface area contributed by atoms with Gasteiger partial charge in [-0.15, -0.1) is 0 Å². The molecule has 0 bridgehead atoms. The third-order valence-corrected chi connectivity index (χ3v) is 4.01. The Kier molecular flexibility index (Phi) is 4.81. The summed E-state index contributed by atoms with van der Waals surface area (Å²) in [6, 6.07) is 0.608. The van der Waals surface area contributed by atoms with Crippen molar-refractivity contribution in [2.45, 2.75) is 65.5 Å². The van der Waals surface area contributed by atoms with Crippen molar-refractivity contribution in [3.63, 3.8) is 0 Å². The monoisotopic (exact) mass is 226 g/mol. The van der Waals surface area contributed by atoms with Gasteiger partial charge in [0.05, 0.1) is 0 Å². The fourth-order valence-electron chi connectivity index (χ4n) is 3.28. The summed E-state index contributed by atoms with van der Waals surface area (Å²) in [6.45, 7) is 13.6. The second kappa shape index (κ2) is 5.50. The van der Waals surface area contributed by atoms with Crippen LogP contribution >= 0.6 is 0 Å². The van der Waals surface area contributed by atoms with Crippen LogP contribution < -0.4 is 5.73 Å². The highest BCUT2D eigenvalue weighted by atomic mass is 15.2. The van der Waals surface area contributed by atoms with Gasteiger partial charge < -0.3 is 5.73 Å². The maximum Gasteiger partial charge on any atom is 0.0337 e. The molecule has 2 atom stereocenters. The van der Waals surface area contributed by atoms with Gasteiger partial charge in [-0.2, -0.15) is 0 Å². The van der Waals surface area contributed by atoms with Crippen molar-refractivity contribution >= 4 is 0 Å². The Morgan fingerprint density at radius 3 is 2.25 bits per heavy atom. The Bertz CT molecular complexity index is 213. The largest absolute Gasteiger partial charge is 0.329 e. The first-order valence-electron chi connectivity index (χ1n) is 6.88. The minimum atomic E-state index is 0.290. The van der Waals surface area contributed by atoms with Crippen LogP contribution in [0, 0.1) is 11.8 Å². The number of rotatable bonds is 5. The van der Waals surface area contributed by atoms with E-state index in [9.17, 15) is 0 Å². The van der Waals surface area contributed by atoms with Gasteiger partial charge in [-0.05, 0) is 44.9 Å². The lowest BCUT2D eigenvalue weighted by Gasteiger charge is -2.44. The Morgan fingerprint density at radius 1 is 1.31 bits per heavy atom. The van der Waals surface area contributed by atoms with Gasteiger partial charge in [0.2, 0.25) is 0 Å². The predicted molar refractivity (Wildman–Crippen MR) is 71.5 cm³/mol. The van der Waals surface area contributed by atoms with E-state index in [2.05, 4.69) is 39.5 Å². The van der Waals surface area contributed by atoms with Crippen molar-refractivity contribution in [3.8, 4) is 0 Å². The van der Waals surface area contributed by atoms with Gasteiger partial charge >= 0.3 is 0 Å². The fourth-order valence-corrected chi connectivity index (χ4v) is 3.28. The molecule has 96 valence electrons. The molecule has 0 radical (unpaired) electrons. The molecule has 2 heteroatoms. The normalized spacial score (nSPS) is 30.9. The lowest BCUT2D eigenvalue weighted by molar-refractivity contribution is 0.0512. The van der Waals surface area contributed by atoms with Crippen LogP contribution in [0.3, 0.4) is 0 Å². The van der Waals surface area contributed by atoms with Crippen molar-refractivity contribution < 1.29 is 0 Å². The smallest absolute Gasteiger partial charge is 0.0337 e. The lowest BCUT2D eigenvalue weighted by atomic mass is 9.91. The zero-order valence-corrected chi connectivity index (χ0v) is 11.8. The molecule has 0 aliphatic heterocycles. The SMILES string of the molecule is CC(C)CN(C(C)C)C1(CN)CCC(C)C1. The molecule has 0 aromatic heterocycles. The van der Waals surface area contributed by atoms with Crippen LogP contribution in [0.25, 0.3) is 0 Å². The van der Waals surface area contributed by atoms with E-state index in [1.165, 1.54) is 25.8 Å². The zero-order valence-electron chi connectivity index (χ0n) is 11.8. The molecule has 1 aliphatic rings. The van der Waals surface area contributed by atoms with E-state index < -0.39 is 0 Å². The average Bonchev–Trinajstić information content (AvgIpc) is 2.57. The zero-order chi connectivity index (χ0) is 12.3. The maximum absolute atomic E-state index is 6.10. The number of nitrogens with zero attached hydrogens (tertiary/aromatic N) is 1. The summed E-state index contributed by atoms with van der Waals surface area (Å²) < 4.78 is 0. The fraction of sp³-hybridized carbons (Fsp3) is 1.00. The highest BCUT2D eigenvalue weighted by Crippen LogP contribution is 2.39. The summed E-state index contributed by atoms with van der Waals surface area (Å²) in [4.78, 5) is 2.67. The summed E-state index contributed by atoms with van der Waals surface area (Å²) in [7, 11) is 0. The summed E-state index contributed by atoms with van der Waals surface area (Å²) in [5.41, 5.74) is 6.39. The van der Waals surface area contributed by atoms with Gasteiger partial charge in [0, 0.05) is 24.7 Å². The summed E-state index contributed by atoms with van der Waals surface area (Å²) >= 11 is 0. The molecule has 1 fully saturated rings. The lowest BCUT2D eigenvalue weighted by Crippen LogP contribution is -2.56. The first-order chi connectivity index (χ1) is 7.41. The minimum Gasteiger partial charge on any atom is -0.329 e. The molecule has 16 heavy (non-hydrogen) atoms. The molecule has 0 saturated heterocycles. The first kappa shape index (κ1) is 14.0. The second-order valence-electron chi connectivity index (χ2n) is 6.42.